The topological polar surface area (TPSA) is 86.5 Å². The molecule has 0 saturated carbocycles. The maximum Gasteiger partial charge on any atom is 0.267 e. The predicted molar refractivity (Wildman–Crippen MR) is 152 cm³/mol. The van der Waals surface area contributed by atoms with Gasteiger partial charge in [-0.15, -0.1) is 11.3 Å². The molecule has 0 radical (unpaired) electrons. The third kappa shape index (κ3) is 4.73. The van der Waals surface area contributed by atoms with Gasteiger partial charge >= 0.3 is 0 Å². The number of aromatic nitrogens is 1. The number of carbonyl (C=O) groups excluding carboxylic acids is 1. The number of hydrogen-bond acceptors (Lipinski definition) is 6. The molecule has 0 atom stereocenters. The molecule has 0 saturated heterocycles. The number of nitrogens with one attached hydrogen (secondary N) is 1. The Morgan fingerprint density at radius 3 is 2.16 bits per heavy atom. The Balaban J connectivity index is 1.65. The Labute approximate surface area is 219 Å². The molecule has 0 bridgehead atoms. The lowest BCUT2D eigenvalue weighted by Crippen LogP contribution is -2.13. The van der Waals surface area contributed by atoms with E-state index in [1.165, 1.54) is 11.3 Å². The van der Waals surface area contributed by atoms with Gasteiger partial charge in [0.1, 0.15) is 21.2 Å². The number of pyridine rings is 1. The first-order valence-electron chi connectivity index (χ1n) is 11.9. The number of benzene rings is 3. The maximum absolute atomic E-state index is 13.4. The molecule has 0 aliphatic carbocycles. The average molecular weight is 510 g/mol. The molecule has 2 aromatic heterocycles. The van der Waals surface area contributed by atoms with Crippen molar-refractivity contribution >= 4 is 38.8 Å². The summed E-state index contributed by atoms with van der Waals surface area (Å²) in [5, 5.41) is 3.81. The third-order valence-corrected chi connectivity index (χ3v) is 7.44. The van der Waals surface area contributed by atoms with E-state index in [9.17, 15) is 4.79 Å². The zero-order valence-electron chi connectivity index (χ0n) is 20.9. The molecule has 37 heavy (non-hydrogen) atoms. The van der Waals surface area contributed by atoms with E-state index in [0.29, 0.717) is 15.4 Å². The fourth-order valence-electron chi connectivity index (χ4n) is 4.33. The molecule has 7 heteroatoms. The zero-order chi connectivity index (χ0) is 25.9. The summed E-state index contributed by atoms with van der Waals surface area (Å²) in [6, 6.07) is 25.3. The largest absolute Gasteiger partial charge is 0.497 e. The van der Waals surface area contributed by atoms with Crippen LogP contribution < -0.4 is 20.5 Å². The smallest absolute Gasteiger partial charge is 0.267 e. The summed E-state index contributed by atoms with van der Waals surface area (Å²) in [5.41, 5.74) is 12.5. The monoisotopic (exact) mass is 509 g/mol. The minimum absolute atomic E-state index is 0.243. The van der Waals surface area contributed by atoms with Crippen LogP contribution in [0.2, 0.25) is 0 Å². The molecular weight excluding hydrogens is 482 g/mol. The molecule has 6 nitrogen and oxygen atoms in total. The highest BCUT2D eigenvalue weighted by molar-refractivity contribution is 7.21. The van der Waals surface area contributed by atoms with Crippen LogP contribution in [0.5, 0.6) is 11.5 Å². The van der Waals surface area contributed by atoms with E-state index >= 15 is 0 Å². The van der Waals surface area contributed by atoms with Crippen LogP contribution in [-0.2, 0) is 6.42 Å². The Kier molecular flexibility index (Phi) is 6.79. The number of nitrogens with two attached hydrogens (primary N) is 1. The molecule has 3 aromatic carbocycles. The summed E-state index contributed by atoms with van der Waals surface area (Å²) in [5.74, 6) is 1.29. The van der Waals surface area contributed by atoms with Crippen molar-refractivity contribution in [2.75, 3.05) is 25.3 Å². The van der Waals surface area contributed by atoms with Gasteiger partial charge in [-0.25, -0.2) is 4.98 Å². The van der Waals surface area contributed by atoms with Crippen molar-refractivity contribution < 1.29 is 14.3 Å². The van der Waals surface area contributed by atoms with Gasteiger partial charge in [0.2, 0.25) is 0 Å². The normalized spacial score (nSPS) is 10.9. The van der Waals surface area contributed by atoms with Crippen LogP contribution in [-0.4, -0.2) is 25.1 Å². The lowest BCUT2D eigenvalue weighted by molar-refractivity contribution is 0.103. The van der Waals surface area contributed by atoms with Crippen molar-refractivity contribution in [3.8, 4) is 33.9 Å². The van der Waals surface area contributed by atoms with E-state index in [1.807, 2.05) is 78.9 Å². The van der Waals surface area contributed by atoms with Gasteiger partial charge in [0.15, 0.2) is 0 Å². The van der Waals surface area contributed by atoms with Gasteiger partial charge in [0.05, 0.1) is 25.6 Å². The summed E-state index contributed by atoms with van der Waals surface area (Å²) in [7, 11) is 3.28. The first-order valence-corrected chi connectivity index (χ1v) is 12.7. The number of nitrogens with zero attached hydrogens (tertiary/aromatic N) is 1. The van der Waals surface area contributed by atoms with Gasteiger partial charge in [0.25, 0.3) is 5.91 Å². The molecule has 3 N–H and O–H groups in total. The highest BCUT2D eigenvalue weighted by Gasteiger charge is 2.22. The van der Waals surface area contributed by atoms with Gasteiger partial charge in [0, 0.05) is 16.6 Å². The maximum atomic E-state index is 13.4. The summed E-state index contributed by atoms with van der Waals surface area (Å²) >= 11 is 1.30. The zero-order valence-corrected chi connectivity index (χ0v) is 21.7. The van der Waals surface area contributed by atoms with Crippen molar-refractivity contribution in [3.05, 3.63) is 89.3 Å². The number of fused-ring (bicyclic) bond motifs is 1. The van der Waals surface area contributed by atoms with E-state index in [-0.39, 0.29) is 5.91 Å². The standard InChI is InChI=1S/C30H27N3O3S/c1-4-18-7-5-6-8-24(18)32-29(34)28-27(31)26-23(19-9-13-21(35-2)14-10-19)17-25(33-30(26)37-28)20-11-15-22(36-3)16-12-20/h5-17H,4,31H2,1-3H3,(H,32,34). The van der Waals surface area contributed by atoms with Crippen molar-refractivity contribution in [3.63, 3.8) is 0 Å². The number of methoxy groups -OCH3 is 2. The molecule has 0 spiro atoms. The molecule has 2 heterocycles. The van der Waals surface area contributed by atoms with E-state index in [0.717, 1.165) is 56.9 Å². The van der Waals surface area contributed by atoms with E-state index in [2.05, 4.69) is 12.2 Å². The summed E-state index contributed by atoms with van der Waals surface area (Å²) in [6.45, 7) is 2.06. The number of carbonyl (C=O) groups is 1. The number of amides is 1. The van der Waals surface area contributed by atoms with Crippen LogP contribution in [0.1, 0.15) is 22.2 Å². The second-order valence-electron chi connectivity index (χ2n) is 8.50. The molecular formula is C30H27N3O3S. The van der Waals surface area contributed by atoms with Crippen LogP contribution >= 0.6 is 11.3 Å². The molecule has 0 aliphatic heterocycles. The van der Waals surface area contributed by atoms with Crippen LogP contribution in [0.15, 0.2) is 78.9 Å². The van der Waals surface area contributed by atoms with Crippen molar-refractivity contribution in [2.24, 2.45) is 0 Å². The van der Waals surface area contributed by atoms with E-state index in [4.69, 9.17) is 20.2 Å². The molecule has 1 amide bonds. The van der Waals surface area contributed by atoms with Crippen LogP contribution in [0, 0.1) is 0 Å². The number of aryl methyl sites for hydroxylation is 1. The van der Waals surface area contributed by atoms with E-state index in [1.54, 1.807) is 14.2 Å². The van der Waals surface area contributed by atoms with Crippen LogP contribution in [0.4, 0.5) is 11.4 Å². The van der Waals surface area contributed by atoms with Crippen LogP contribution in [0.3, 0.4) is 0 Å². The van der Waals surface area contributed by atoms with Crippen molar-refractivity contribution in [1.29, 1.82) is 0 Å². The Morgan fingerprint density at radius 1 is 0.919 bits per heavy atom. The minimum Gasteiger partial charge on any atom is -0.497 e. The van der Waals surface area contributed by atoms with Crippen molar-refractivity contribution in [1.82, 2.24) is 4.98 Å². The second kappa shape index (κ2) is 10.3. The van der Waals surface area contributed by atoms with E-state index < -0.39 is 0 Å². The number of para-hydroxylation sites is 1. The lowest BCUT2D eigenvalue weighted by atomic mass is 9.99. The summed E-state index contributed by atoms with van der Waals surface area (Å²) in [6.07, 6.45) is 0.812. The molecule has 0 fully saturated rings. The molecule has 5 aromatic rings. The quantitative estimate of drug-likeness (QED) is 0.246. The average Bonchev–Trinajstić information content (AvgIpc) is 3.29. The summed E-state index contributed by atoms with van der Waals surface area (Å²) in [4.78, 5) is 19.4. The van der Waals surface area contributed by atoms with Crippen molar-refractivity contribution in [2.45, 2.75) is 13.3 Å². The third-order valence-electron chi connectivity index (χ3n) is 6.34. The molecule has 186 valence electrons. The van der Waals surface area contributed by atoms with Gasteiger partial charge in [-0.05, 0) is 71.6 Å². The number of hydrogen-bond donors (Lipinski definition) is 2. The van der Waals surface area contributed by atoms with Gasteiger partial charge in [-0.2, -0.15) is 0 Å². The lowest BCUT2D eigenvalue weighted by Gasteiger charge is -2.10. The first-order chi connectivity index (χ1) is 18.0. The SMILES string of the molecule is CCc1ccccc1NC(=O)c1sc2nc(-c3ccc(OC)cc3)cc(-c3ccc(OC)cc3)c2c1N. The van der Waals surface area contributed by atoms with Gasteiger partial charge < -0.3 is 20.5 Å². The summed E-state index contributed by atoms with van der Waals surface area (Å²) < 4.78 is 10.7. The van der Waals surface area contributed by atoms with Crippen LogP contribution in [0.25, 0.3) is 32.6 Å². The molecule has 5 rings (SSSR count). The number of ether oxygens (including phenoxy) is 2. The number of nitrogen functional groups attached to an aromatic ring is 1. The van der Waals surface area contributed by atoms with Gasteiger partial charge in [-0.3, -0.25) is 4.79 Å². The molecule has 0 unspecified atom stereocenters. The fraction of sp³-hybridized carbons (Fsp3) is 0.133. The predicted octanol–water partition coefficient (Wildman–Crippen LogP) is 7.04. The highest BCUT2D eigenvalue weighted by atomic mass is 32.1. The van der Waals surface area contributed by atoms with Gasteiger partial charge in [-0.1, -0.05) is 37.3 Å². The second-order valence-corrected chi connectivity index (χ2v) is 9.50. The first kappa shape index (κ1) is 24.3. The Bertz CT molecular complexity index is 1580. The number of rotatable bonds is 7. The minimum atomic E-state index is -0.243. The Morgan fingerprint density at radius 2 is 1.54 bits per heavy atom. The number of thiophene rings is 1. The molecule has 0 aliphatic rings. The fourth-order valence-corrected chi connectivity index (χ4v) is 5.34. The Hall–Kier alpha value is -4.36. The number of anilines is 2. The highest BCUT2D eigenvalue weighted by Crippen LogP contribution is 2.42.